The Morgan fingerprint density at radius 2 is 2.06 bits per heavy atom. The molecule has 0 bridgehead atoms. The van der Waals surface area contributed by atoms with Crippen LogP contribution >= 0.6 is 11.8 Å². The smallest absolute Gasteiger partial charge is 0.134 e. The Hall–Kier alpha value is -1.41. The maximum Gasteiger partial charge on any atom is 0.134 e. The first-order chi connectivity index (χ1) is 8.72. The zero-order valence-electron chi connectivity index (χ0n) is 10.6. The number of hydrogen-bond donors (Lipinski definition) is 0. The fourth-order valence-electron chi connectivity index (χ4n) is 2.38. The van der Waals surface area contributed by atoms with E-state index in [0.29, 0.717) is 0 Å². The van der Waals surface area contributed by atoms with E-state index in [4.69, 9.17) is 4.74 Å². The number of fused-ring (bicyclic) bond motifs is 3. The molecule has 1 unspecified atom stereocenters. The van der Waals surface area contributed by atoms with Crippen LogP contribution in [-0.2, 0) is 0 Å². The molecule has 0 aromatic heterocycles. The van der Waals surface area contributed by atoms with Crippen molar-refractivity contribution >= 4 is 22.5 Å². The highest BCUT2D eigenvalue weighted by Crippen LogP contribution is 2.43. The van der Waals surface area contributed by atoms with Gasteiger partial charge in [0.25, 0.3) is 0 Å². The normalized spacial score (nSPS) is 23.0. The molecule has 1 aliphatic heterocycles. The first-order valence-corrected chi connectivity index (χ1v) is 7.18. The minimum Gasteiger partial charge on any atom is -0.481 e. The molecule has 2 aromatic carbocycles. The van der Waals surface area contributed by atoms with Crippen molar-refractivity contribution < 1.29 is 4.74 Å². The topological polar surface area (TPSA) is 9.23 Å². The van der Waals surface area contributed by atoms with Crippen molar-refractivity contribution in [2.24, 2.45) is 0 Å². The van der Waals surface area contributed by atoms with E-state index in [0.717, 1.165) is 11.5 Å². The SMILES string of the molecule is C/C=C/C1(C)CSc2c(ccc3ccccc23)O1. The van der Waals surface area contributed by atoms with E-state index in [9.17, 15) is 0 Å². The summed E-state index contributed by atoms with van der Waals surface area (Å²) in [4.78, 5) is 1.27. The lowest BCUT2D eigenvalue weighted by atomic mass is 10.1. The van der Waals surface area contributed by atoms with Gasteiger partial charge in [0, 0.05) is 5.75 Å². The maximum atomic E-state index is 6.16. The third-order valence-corrected chi connectivity index (χ3v) is 4.64. The Kier molecular flexibility index (Phi) is 2.83. The van der Waals surface area contributed by atoms with Crippen LogP contribution in [0.4, 0.5) is 0 Å². The Morgan fingerprint density at radius 3 is 2.89 bits per heavy atom. The molecule has 0 radical (unpaired) electrons. The van der Waals surface area contributed by atoms with Gasteiger partial charge in [-0.15, -0.1) is 11.8 Å². The van der Waals surface area contributed by atoms with E-state index in [1.165, 1.54) is 15.7 Å². The van der Waals surface area contributed by atoms with Crippen LogP contribution in [0, 0.1) is 0 Å². The molecule has 2 heteroatoms. The predicted molar refractivity (Wildman–Crippen MR) is 78.5 cm³/mol. The van der Waals surface area contributed by atoms with Gasteiger partial charge in [0.15, 0.2) is 0 Å². The fourth-order valence-corrected chi connectivity index (χ4v) is 3.56. The van der Waals surface area contributed by atoms with Crippen LogP contribution in [0.3, 0.4) is 0 Å². The predicted octanol–water partition coefficient (Wildman–Crippen LogP) is 4.66. The summed E-state index contributed by atoms with van der Waals surface area (Å²) in [6.45, 7) is 4.17. The van der Waals surface area contributed by atoms with Gasteiger partial charge in [-0.2, -0.15) is 0 Å². The van der Waals surface area contributed by atoms with Gasteiger partial charge in [0.05, 0.1) is 4.90 Å². The largest absolute Gasteiger partial charge is 0.481 e. The van der Waals surface area contributed by atoms with Crippen molar-refractivity contribution in [2.75, 3.05) is 5.75 Å². The number of hydrogen-bond acceptors (Lipinski definition) is 2. The highest BCUT2D eigenvalue weighted by atomic mass is 32.2. The standard InChI is InChI=1S/C16H16OS/c1-3-10-16(2)11-18-15-13-7-5-4-6-12(13)8-9-14(15)17-16/h3-10H,11H2,1-2H3/b10-3+. The van der Waals surface area contributed by atoms with Crippen LogP contribution in [0.15, 0.2) is 53.4 Å². The van der Waals surface area contributed by atoms with Crippen molar-refractivity contribution in [3.8, 4) is 5.75 Å². The molecular formula is C16H16OS. The summed E-state index contributed by atoms with van der Waals surface area (Å²) in [5.74, 6) is 1.96. The number of benzene rings is 2. The fraction of sp³-hybridized carbons (Fsp3) is 0.250. The van der Waals surface area contributed by atoms with Crippen molar-refractivity contribution in [1.29, 1.82) is 0 Å². The number of rotatable bonds is 1. The van der Waals surface area contributed by atoms with E-state index >= 15 is 0 Å². The molecule has 0 amide bonds. The third-order valence-electron chi connectivity index (χ3n) is 3.21. The molecule has 0 saturated heterocycles. The third kappa shape index (κ3) is 1.91. The molecular weight excluding hydrogens is 240 g/mol. The summed E-state index contributed by atoms with van der Waals surface area (Å²) in [7, 11) is 0. The second kappa shape index (κ2) is 4.36. The van der Waals surface area contributed by atoms with E-state index in [2.05, 4.69) is 55.5 Å². The van der Waals surface area contributed by atoms with Crippen LogP contribution in [-0.4, -0.2) is 11.4 Å². The molecule has 1 heterocycles. The Bertz CT molecular complexity index is 618. The Morgan fingerprint density at radius 1 is 1.22 bits per heavy atom. The van der Waals surface area contributed by atoms with E-state index < -0.39 is 0 Å². The van der Waals surface area contributed by atoms with Crippen molar-refractivity contribution in [2.45, 2.75) is 24.3 Å². The second-order valence-corrected chi connectivity index (χ2v) is 5.80. The van der Waals surface area contributed by atoms with Gasteiger partial charge in [-0.3, -0.25) is 0 Å². The quantitative estimate of drug-likeness (QED) is 0.686. The van der Waals surface area contributed by atoms with Crippen LogP contribution in [0.1, 0.15) is 13.8 Å². The number of thioether (sulfide) groups is 1. The van der Waals surface area contributed by atoms with Crippen molar-refractivity contribution in [1.82, 2.24) is 0 Å². The lowest BCUT2D eigenvalue weighted by molar-refractivity contribution is 0.158. The van der Waals surface area contributed by atoms with Crippen molar-refractivity contribution in [3.63, 3.8) is 0 Å². The van der Waals surface area contributed by atoms with Crippen LogP contribution in [0.2, 0.25) is 0 Å². The molecule has 0 fully saturated rings. The molecule has 18 heavy (non-hydrogen) atoms. The molecule has 0 N–H and O–H groups in total. The zero-order valence-corrected chi connectivity index (χ0v) is 11.5. The monoisotopic (exact) mass is 256 g/mol. The van der Waals surface area contributed by atoms with Gasteiger partial charge in [0.2, 0.25) is 0 Å². The van der Waals surface area contributed by atoms with Gasteiger partial charge in [-0.25, -0.2) is 0 Å². The van der Waals surface area contributed by atoms with E-state index in [-0.39, 0.29) is 5.60 Å². The second-order valence-electron chi connectivity index (χ2n) is 4.82. The average Bonchev–Trinajstić information content (AvgIpc) is 2.38. The van der Waals surface area contributed by atoms with Crippen LogP contribution in [0.5, 0.6) is 5.75 Å². The molecule has 0 aliphatic carbocycles. The van der Waals surface area contributed by atoms with Gasteiger partial charge in [-0.05, 0) is 36.8 Å². The molecule has 1 aliphatic rings. The van der Waals surface area contributed by atoms with Crippen LogP contribution in [0.25, 0.3) is 10.8 Å². The molecule has 0 saturated carbocycles. The molecule has 1 atom stereocenters. The minimum absolute atomic E-state index is 0.186. The van der Waals surface area contributed by atoms with Gasteiger partial charge in [0.1, 0.15) is 11.4 Å². The molecule has 3 rings (SSSR count). The summed E-state index contributed by atoms with van der Waals surface area (Å²) in [5.41, 5.74) is -0.186. The number of allylic oxidation sites excluding steroid dienone is 1. The lowest BCUT2D eigenvalue weighted by Crippen LogP contribution is -2.35. The number of ether oxygens (including phenoxy) is 1. The molecule has 0 spiro atoms. The van der Waals surface area contributed by atoms with Gasteiger partial charge < -0.3 is 4.74 Å². The van der Waals surface area contributed by atoms with E-state index in [1.807, 2.05) is 18.7 Å². The highest BCUT2D eigenvalue weighted by Gasteiger charge is 2.30. The van der Waals surface area contributed by atoms with Crippen molar-refractivity contribution in [3.05, 3.63) is 48.6 Å². The van der Waals surface area contributed by atoms with Gasteiger partial charge in [-0.1, -0.05) is 36.4 Å². The molecule has 92 valence electrons. The zero-order chi connectivity index (χ0) is 12.6. The summed E-state index contributed by atoms with van der Waals surface area (Å²) >= 11 is 1.89. The summed E-state index contributed by atoms with van der Waals surface area (Å²) in [5, 5.41) is 2.57. The molecule has 1 nitrogen and oxygen atoms in total. The van der Waals surface area contributed by atoms with E-state index in [1.54, 1.807) is 0 Å². The summed E-state index contributed by atoms with van der Waals surface area (Å²) in [6.07, 6.45) is 4.20. The lowest BCUT2D eigenvalue weighted by Gasteiger charge is -2.33. The Balaban J connectivity index is 2.11. The maximum absolute atomic E-state index is 6.16. The molecule has 2 aromatic rings. The first kappa shape index (κ1) is 11.7. The Labute approximate surface area is 112 Å². The minimum atomic E-state index is -0.186. The summed E-state index contributed by atoms with van der Waals surface area (Å²) < 4.78 is 6.16. The average molecular weight is 256 g/mol. The van der Waals surface area contributed by atoms with Gasteiger partial charge >= 0.3 is 0 Å². The van der Waals surface area contributed by atoms with Crippen LogP contribution < -0.4 is 4.74 Å². The summed E-state index contributed by atoms with van der Waals surface area (Å²) in [6, 6.07) is 12.7. The first-order valence-electron chi connectivity index (χ1n) is 6.19. The highest BCUT2D eigenvalue weighted by molar-refractivity contribution is 7.99.